The largest absolute Gasteiger partial charge is 0.385 e. The van der Waals surface area contributed by atoms with E-state index in [4.69, 9.17) is 0 Å². The highest BCUT2D eigenvalue weighted by Crippen LogP contribution is 2.42. The van der Waals surface area contributed by atoms with E-state index in [1.165, 1.54) is 0 Å². The summed E-state index contributed by atoms with van der Waals surface area (Å²) < 4.78 is 13.6. The molecule has 1 N–H and O–H groups in total. The lowest BCUT2D eigenvalue weighted by Crippen LogP contribution is -2.34. The molecule has 0 aliphatic heterocycles. The zero-order chi connectivity index (χ0) is 9.47. The van der Waals surface area contributed by atoms with Gasteiger partial charge in [-0.1, -0.05) is 18.2 Å². The maximum Gasteiger partial charge on any atom is 0.132 e. The Balaban J connectivity index is 2.45. The maximum absolute atomic E-state index is 13.6. The van der Waals surface area contributed by atoms with Gasteiger partial charge in [0.2, 0.25) is 0 Å². The summed E-state index contributed by atoms with van der Waals surface area (Å²) >= 11 is 0. The van der Waals surface area contributed by atoms with E-state index in [1.807, 2.05) is 0 Å². The van der Waals surface area contributed by atoms with Gasteiger partial charge in [-0.05, 0) is 31.7 Å². The lowest BCUT2D eigenvalue weighted by atomic mass is 9.74. The molecule has 1 aromatic rings. The molecule has 2 rings (SSSR count). The molecule has 1 aromatic carbocycles. The van der Waals surface area contributed by atoms with E-state index in [-0.39, 0.29) is 5.82 Å². The number of benzene rings is 1. The molecule has 2 heteroatoms. The van der Waals surface area contributed by atoms with Crippen LogP contribution < -0.4 is 0 Å². The van der Waals surface area contributed by atoms with Gasteiger partial charge >= 0.3 is 0 Å². The Morgan fingerprint density at radius 3 is 2.62 bits per heavy atom. The van der Waals surface area contributed by atoms with Crippen molar-refractivity contribution in [1.29, 1.82) is 0 Å². The van der Waals surface area contributed by atoms with Crippen molar-refractivity contribution >= 4 is 0 Å². The SMILES string of the molecule is Cc1cccc(C2(O)CCC2)c1F. The zero-order valence-electron chi connectivity index (χ0n) is 7.68. The highest BCUT2D eigenvalue weighted by molar-refractivity contribution is 5.31. The molecule has 0 amide bonds. The minimum atomic E-state index is -0.879. The molecule has 1 aliphatic rings. The first-order valence-electron chi connectivity index (χ1n) is 4.61. The van der Waals surface area contributed by atoms with E-state index in [1.54, 1.807) is 25.1 Å². The first-order chi connectivity index (χ1) is 6.13. The van der Waals surface area contributed by atoms with Gasteiger partial charge in [0.1, 0.15) is 5.82 Å². The normalized spacial score (nSPS) is 19.6. The van der Waals surface area contributed by atoms with Gasteiger partial charge in [0, 0.05) is 5.56 Å². The number of rotatable bonds is 1. The highest BCUT2D eigenvalue weighted by Gasteiger charge is 2.38. The molecule has 70 valence electrons. The van der Waals surface area contributed by atoms with Crippen molar-refractivity contribution in [1.82, 2.24) is 0 Å². The third-order valence-corrected chi connectivity index (χ3v) is 2.87. The molecule has 1 fully saturated rings. The van der Waals surface area contributed by atoms with E-state index >= 15 is 0 Å². The van der Waals surface area contributed by atoms with Gasteiger partial charge in [-0.25, -0.2) is 4.39 Å². The smallest absolute Gasteiger partial charge is 0.132 e. The van der Waals surface area contributed by atoms with E-state index in [0.29, 0.717) is 24.0 Å². The molecule has 0 atom stereocenters. The zero-order valence-corrected chi connectivity index (χ0v) is 7.68. The van der Waals surface area contributed by atoms with E-state index in [0.717, 1.165) is 6.42 Å². The molecule has 1 nitrogen and oxygen atoms in total. The van der Waals surface area contributed by atoms with Gasteiger partial charge in [-0.15, -0.1) is 0 Å². The van der Waals surface area contributed by atoms with Crippen molar-refractivity contribution in [2.75, 3.05) is 0 Å². The first kappa shape index (κ1) is 8.70. The lowest BCUT2D eigenvalue weighted by Gasteiger charge is -2.37. The second kappa shape index (κ2) is 2.81. The molecular weight excluding hydrogens is 167 g/mol. The predicted octanol–water partition coefficient (Wildman–Crippen LogP) is 2.51. The quantitative estimate of drug-likeness (QED) is 0.704. The maximum atomic E-state index is 13.6. The van der Waals surface area contributed by atoms with E-state index in [9.17, 15) is 9.50 Å². The Kier molecular flexibility index (Phi) is 1.88. The molecule has 0 saturated heterocycles. The number of hydrogen-bond donors (Lipinski definition) is 1. The molecule has 0 heterocycles. The van der Waals surface area contributed by atoms with Crippen molar-refractivity contribution in [3.05, 3.63) is 35.1 Å². The molecule has 1 aliphatic carbocycles. The Labute approximate surface area is 77.2 Å². The Morgan fingerprint density at radius 2 is 2.08 bits per heavy atom. The van der Waals surface area contributed by atoms with Gasteiger partial charge in [0.15, 0.2) is 0 Å². The van der Waals surface area contributed by atoms with Crippen molar-refractivity contribution in [2.24, 2.45) is 0 Å². The summed E-state index contributed by atoms with van der Waals surface area (Å²) in [4.78, 5) is 0. The third kappa shape index (κ3) is 1.25. The monoisotopic (exact) mass is 180 g/mol. The topological polar surface area (TPSA) is 20.2 Å². The number of hydrogen-bond acceptors (Lipinski definition) is 1. The van der Waals surface area contributed by atoms with Crippen LogP contribution in [-0.2, 0) is 5.60 Å². The van der Waals surface area contributed by atoms with Gasteiger partial charge in [0.05, 0.1) is 5.60 Å². The highest BCUT2D eigenvalue weighted by atomic mass is 19.1. The Morgan fingerprint density at radius 1 is 1.38 bits per heavy atom. The van der Waals surface area contributed by atoms with Crippen molar-refractivity contribution in [3.8, 4) is 0 Å². The first-order valence-corrected chi connectivity index (χ1v) is 4.61. The molecule has 1 saturated carbocycles. The van der Waals surface area contributed by atoms with Crippen LogP contribution in [0, 0.1) is 12.7 Å². The second-order valence-corrected chi connectivity index (χ2v) is 3.82. The fourth-order valence-corrected chi connectivity index (χ4v) is 1.79. The molecule has 13 heavy (non-hydrogen) atoms. The minimum absolute atomic E-state index is 0.246. The van der Waals surface area contributed by atoms with E-state index < -0.39 is 5.60 Å². The molecular formula is C11H13FO. The summed E-state index contributed by atoms with van der Waals surface area (Å²) in [5.41, 5.74) is 0.201. The molecule has 0 radical (unpaired) electrons. The van der Waals surface area contributed by atoms with Gasteiger partial charge in [-0.2, -0.15) is 0 Å². The molecule has 0 spiro atoms. The summed E-state index contributed by atoms with van der Waals surface area (Å²) in [6.07, 6.45) is 2.37. The van der Waals surface area contributed by atoms with Gasteiger partial charge in [-0.3, -0.25) is 0 Å². The fourth-order valence-electron chi connectivity index (χ4n) is 1.79. The Hall–Kier alpha value is -0.890. The fraction of sp³-hybridized carbons (Fsp3) is 0.455. The number of aryl methyl sites for hydroxylation is 1. The Bertz CT molecular complexity index is 329. The van der Waals surface area contributed by atoms with Crippen LogP contribution >= 0.6 is 0 Å². The average molecular weight is 180 g/mol. The molecule has 0 unspecified atom stereocenters. The molecule has 0 aromatic heterocycles. The lowest BCUT2D eigenvalue weighted by molar-refractivity contribution is -0.0417. The van der Waals surface area contributed by atoms with Crippen LogP contribution in [0.3, 0.4) is 0 Å². The average Bonchev–Trinajstić information content (AvgIpc) is 2.06. The molecule has 0 bridgehead atoms. The standard InChI is InChI=1S/C11H13FO/c1-8-4-2-5-9(10(8)12)11(13)6-3-7-11/h2,4-5,13H,3,6-7H2,1H3. The van der Waals surface area contributed by atoms with Crippen molar-refractivity contribution in [3.63, 3.8) is 0 Å². The van der Waals surface area contributed by atoms with Crippen molar-refractivity contribution in [2.45, 2.75) is 31.8 Å². The second-order valence-electron chi connectivity index (χ2n) is 3.82. The minimum Gasteiger partial charge on any atom is -0.385 e. The van der Waals surface area contributed by atoms with Crippen LogP contribution in [-0.4, -0.2) is 5.11 Å². The van der Waals surface area contributed by atoms with Crippen LogP contribution in [0.15, 0.2) is 18.2 Å². The summed E-state index contributed by atoms with van der Waals surface area (Å²) in [5, 5.41) is 9.95. The summed E-state index contributed by atoms with van der Waals surface area (Å²) in [6.45, 7) is 1.72. The summed E-state index contributed by atoms with van der Waals surface area (Å²) in [6, 6.07) is 5.20. The number of aliphatic hydroxyl groups is 1. The van der Waals surface area contributed by atoms with E-state index in [2.05, 4.69) is 0 Å². The van der Waals surface area contributed by atoms with Gasteiger partial charge in [0.25, 0.3) is 0 Å². The van der Waals surface area contributed by atoms with Crippen LogP contribution in [0.5, 0.6) is 0 Å². The van der Waals surface area contributed by atoms with Crippen molar-refractivity contribution < 1.29 is 9.50 Å². The summed E-state index contributed by atoms with van der Waals surface area (Å²) in [7, 11) is 0. The van der Waals surface area contributed by atoms with Crippen LogP contribution in [0.4, 0.5) is 4.39 Å². The van der Waals surface area contributed by atoms with Crippen LogP contribution in [0.25, 0.3) is 0 Å². The summed E-state index contributed by atoms with van der Waals surface area (Å²) in [5.74, 6) is -0.246. The number of halogens is 1. The van der Waals surface area contributed by atoms with Crippen LogP contribution in [0.1, 0.15) is 30.4 Å². The van der Waals surface area contributed by atoms with Gasteiger partial charge < -0.3 is 5.11 Å². The third-order valence-electron chi connectivity index (χ3n) is 2.87. The predicted molar refractivity (Wildman–Crippen MR) is 48.9 cm³/mol. The van der Waals surface area contributed by atoms with Crippen LogP contribution in [0.2, 0.25) is 0 Å².